The molecule has 0 aliphatic heterocycles. The monoisotopic (exact) mass is 314 g/mol. The summed E-state index contributed by atoms with van der Waals surface area (Å²) >= 11 is 0. The second kappa shape index (κ2) is 6.57. The quantitative estimate of drug-likeness (QED) is 0.815. The number of halogens is 1. The summed E-state index contributed by atoms with van der Waals surface area (Å²) in [6.45, 7) is 4.18. The zero-order valence-electron chi connectivity index (χ0n) is 13.7. The van der Waals surface area contributed by atoms with E-state index in [1.165, 1.54) is 31.7 Å². The number of carbonyl (C=O) groups is 1. The fraction of sp³-hybridized carbons (Fsp3) is 0.421. The van der Waals surface area contributed by atoms with Crippen LogP contribution in [-0.2, 0) is 0 Å². The van der Waals surface area contributed by atoms with Gasteiger partial charge in [0.15, 0.2) is 5.78 Å². The van der Waals surface area contributed by atoms with Crippen LogP contribution in [0.1, 0.15) is 53.5 Å². The van der Waals surface area contributed by atoms with E-state index in [0.29, 0.717) is 11.7 Å². The maximum atomic E-state index is 13.6. The maximum absolute atomic E-state index is 13.6. The van der Waals surface area contributed by atoms with Gasteiger partial charge in [0.2, 0.25) is 0 Å². The lowest BCUT2D eigenvalue weighted by molar-refractivity contribution is 0.101. The first-order valence-electron chi connectivity index (χ1n) is 8.28. The zero-order valence-corrected chi connectivity index (χ0v) is 13.7. The molecule has 3 rings (SSSR count). The van der Waals surface area contributed by atoms with E-state index in [4.69, 9.17) is 0 Å². The molecule has 4 heteroatoms. The van der Waals surface area contributed by atoms with Gasteiger partial charge in [0, 0.05) is 23.0 Å². The Morgan fingerprint density at radius 3 is 2.65 bits per heavy atom. The number of aryl methyl sites for hydroxylation is 1. The molecule has 1 fully saturated rings. The van der Waals surface area contributed by atoms with E-state index >= 15 is 0 Å². The average molecular weight is 314 g/mol. The lowest BCUT2D eigenvalue weighted by Gasteiger charge is -2.17. The van der Waals surface area contributed by atoms with Crippen LogP contribution in [0.4, 0.5) is 10.1 Å². The van der Waals surface area contributed by atoms with Crippen LogP contribution >= 0.6 is 0 Å². The molecular formula is C19H23FN2O. The fourth-order valence-corrected chi connectivity index (χ4v) is 3.66. The van der Waals surface area contributed by atoms with E-state index in [1.54, 1.807) is 18.2 Å². The van der Waals surface area contributed by atoms with Crippen molar-refractivity contribution in [3.05, 3.63) is 53.1 Å². The molecule has 0 saturated heterocycles. The molecule has 3 nitrogen and oxygen atoms in total. The highest BCUT2D eigenvalue weighted by atomic mass is 19.1. The number of nitrogens with zero attached hydrogens (tertiary/aromatic N) is 1. The zero-order chi connectivity index (χ0) is 16.4. The Labute approximate surface area is 136 Å². The Hall–Kier alpha value is -2.10. The van der Waals surface area contributed by atoms with Crippen molar-refractivity contribution in [1.29, 1.82) is 0 Å². The molecule has 2 aromatic rings. The molecule has 1 aliphatic carbocycles. The smallest absolute Gasteiger partial charge is 0.183 e. The van der Waals surface area contributed by atoms with Crippen LogP contribution in [0.3, 0.4) is 0 Å². The summed E-state index contributed by atoms with van der Waals surface area (Å²) in [5.41, 5.74) is 3.29. The highest BCUT2D eigenvalue weighted by molar-refractivity contribution is 6.00. The molecule has 1 aromatic carbocycles. The normalized spacial score (nSPS) is 15.1. The van der Waals surface area contributed by atoms with Gasteiger partial charge >= 0.3 is 0 Å². The molecule has 23 heavy (non-hydrogen) atoms. The van der Waals surface area contributed by atoms with E-state index in [0.717, 1.165) is 17.0 Å². The van der Waals surface area contributed by atoms with Gasteiger partial charge in [-0.15, -0.1) is 0 Å². The number of para-hydroxylation sites is 1. The third kappa shape index (κ3) is 3.16. The number of nitrogens with one attached hydrogen (secondary N) is 1. The number of aromatic nitrogens is 1. The van der Waals surface area contributed by atoms with Gasteiger partial charge in [-0.2, -0.15) is 0 Å². The molecule has 0 amide bonds. The summed E-state index contributed by atoms with van der Waals surface area (Å²) < 4.78 is 15.9. The first-order chi connectivity index (χ1) is 11.1. The number of Topliss-reactive ketones (excluding diaryl/α,β-unsaturated/α-hetero) is 1. The second-order valence-electron chi connectivity index (χ2n) is 6.35. The molecule has 0 radical (unpaired) electrons. The number of anilines is 1. The molecule has 1 aromatic heterocycles. The van der Waals surface area contributed by atoms with Crippen molar-refractivity contribution in [1.82, 2.24) is 4.57 Å². The molecule has 1 N–H and O–H groups in total. The SMILES string of the molecule is Cc1cc(C(=O)CNc2ccccc2F)c(C)n1C1CCCC1. The minimum atomic E-state index is -0.336. The van der Waals surface area contributed by atoms with E-state index in [2.05, 4.69) is 16.8 Å². The first-order valence-corrected chi connectivity index (χ1v) is 8.28. The number of ketones is 1. The van der Waals surface area contributed by atoms with E-state index in [-0.39, 0.29) is 18.1 Å². The molecule has 0 spiro atoms. The van der Waals surface area contributed by atoms with Gasteiger partial charge in [-0.05, 0) is 44.9 Å². The lowest BCUT2D eigenvalue weighted by atomic mass is 10.1. The van der Waals surface area contributed by atoms with Gasteiger partial charge in [-0.3, -0.25) is 4.79 Å². The average Bonchev–Trinajstić information content (AvgIpc) is 3.14. The third-order valence-corrected chi connectivity index (χ3v) is 4.79. The van der Waals surface area contributed by atoms with Gasteiger partial charge in [0.1, 0.15) is 5.82 Å². The third-order valence-electron chi connectivity index (χ3n) is 4.79. The standard InChI is InChI=1S/C19H23FN2O/c1-13-11-16(14(2)22(13)15-7-3-4-8-15)19(23)12-21-18-10-6-5-9-17(18)20/h5-6,9-11,15,21H,3-4,7-8,12H2,1-2H3. The number of hydrogen-bond donors (Lipinski definition) is 1. The van der Waals surface area contributed by atoms with E-state index < -0.39 is 0 Å². The van der Waals surface area contributed by atoms with Gasteiger partial charge < -0.3 is 9.88 Å². The van der Waals surface area contributed by atoms with Gasteiger partial charge in [-0.1, -0.05) is 25.0 Å². The summed E-state index contributed by atoms with van der Waals surface area (Å²) in [6, 6.07) is 8.91. The number of benzene rings is 1. The molecule has 1 saturated carbocycles. The summed E-state index contributed by atoms with van der Waals surface area (Å²) in [6.07, 6.45) is 4.91. The van der Waals surface area contributed by atoms with Crippen LogP contribution < -0.4 is 5.32 Å². The Morgan fingerprint density at radius 2 is 1.96 bits per heavy atom. The van der Waals surface area contributed by atoms with Gasteiger partial charge in [0.05, 0.1) is 12.2 Å². The first kappa shape index (κ1) is 15.8. The van der Waals surface area contributed by atoms with Crippen LogP contribution in [0.2, 0.25) is 0 Å². The Kier molecular flexibility index (Phi) is 4.51. The predicted molar refractivity (Wildman–Crippen MR) is 90.6 cm³/mol. The fourth-order valence-electron chi connectivity index (χ4n) is 3.66. The molecular weight excluding hydrogens is 291 g/mol. The van der Waals surface area contributed by atoms with Gasteiger partial charge in [-0.25, -0.2) is 4.39 Å². The summed E-state index contributed by atoms with van der Waals surface area (Å²) in [5, 5.41) is 2.90. The van der Waals surface area contributed by atoms with Crippen molar-refractivity contribution in [2.24, 2.45) is 0 Å². The maximum Gasteiger partial charge on any atom is 0.183 e. The number of carbonyl (C=O) groups excluding carboxylic acids is 1. The highest BCUT2D eigenvalue weighted by Gasteiger charge is 2.23. The van der Waals surface area contributed by atoms with Crippen molar-refractivity contribution in [2.45, 2.75) is 45.6 Å². The predicted octanol–water partition coefficient (Wildman–Crippen LogP) is 4.65. The van der Waals surface area contributed by atoms with Crippen LogP contribution in [0.5, 0.6) is 0 Å². The summed E-state index contributed by atoms with van der Waals surface area (Å²) in [7, 11) is 0. The number of hydrogen-bond acceptors (Lipinski definition) is 2. The highest BCUT2D eigenvalue weighted by Crippen LogP contribution is 2.33. The minimum Gasteiger partial charge on any atom is -0.375 e. The van der Waals surface area contributed by atoms with Crippen LogP contribution in [-0.4, -0.2) is 16.9 Å². The van der Waals surface area contributed by atoms with E-state index in [1.807, 2.05) is 13.0 Å². The summed E-state index contributed by atoms with van der Waals surface area (Å²) in [5.74, 6) is -0.331. The van der Waals surface area contributed by atoms with Crippen molar-refractivity contribution in [2.75, 3.05) is 11.9 Å². The molecule has 0 bridgehead atoms. The molecule has 1 aliphatic rings. The molecule has 0 atom stereocenters. The van der Waals surface area contributed by atoms with Crippen molar-refractivity contribution >= 4 is 11.5 Å². The minimum absolute atomic E-state index is 0.00519. The van der Waals surface area contributed by atoms with Crippen LogP contribution in [0, 0.1) is 19.7 Å². The molecule has 122 valence electrons. The van der Waals surface area contributed by atoms with Crippen LogP contribution in [0.25, 0.3) is 0 Å². The Morgan fingerprint density at radius 1 is 1.26 bits per heavy atom. The van der Waals surface area contributed by atoms with E-state index in [9.17, 15) is 9.18 Å². The van der Waals surface area contributed by atoms with Crippen LogP contribution in [0.15, 0.2) is 30.3 Å². The number of rotatable bonds is 5. The van der Waals surface area contributed by atoms with Crippen molar-refractivity contribution < 1.29 is 9.18 Å². The largest absolute Gasteiger partial charge is 0.375 e. The Bertz CT molecular complexity index is 714. The lowest BCUT2D eigenvalue weighted by Crippen LogP contribution is -2.16. The second-order valence-corrected chi connectivity index (χ2v) is 6.35. The Balaban J connectivity index is 1.75. The summed E-state index contributed by atoms with van der Waals surface area (Å²) in [4.78, 5) is 12.5. The van der Waals surface area contributed by atoms with Gasteiger partial charge in [0.25, 0.3) is 0 Å². The topological polar surface area (TPSA) is 34.0 Å². The molecule has 1 heterocycles. The van der Waals surface area contributed by atoms with Crippen molar-refractivity contribution in [3.63, 3.8) is 0 Å². The van der Waals surface area contributed by atoms with Crippen molar-refractivity contribution in [3.8, 4) is 0 Å². The molecule has 0 unspecified atom stereocenters.